The van der Waals surface area contributed by atoms with Gasteiger partial charge in [0, 0.05) is 89.7 Å². The van der Waals surface area contributed by atoms with Crippen molar-refractivity contribution < 1.29 is 70.4 Å². The molecule has 0 unspecified atom stereocenters. The van der Waals surface area contributed by atoms with Crippen molar-refractivity contribution in [3.63, 3.8) is 0 Å². The second kappa shape index (κ2) is 33.5. The average Bonchev–Trinajstić information content (AvgIpc) is 3.43. The highest BCUT2D eigenvalue weighted by atomic mass is 16.5. The fourth-order valence-corrected chi connectivity index (χ4v) is 7.91. The molecule has 0 spiro atoms. The van der Waals surface area contributed by atoms with Gasteiger partial charge in [0.05, 0.1) is 72.7 Å². The summed E-state index contributed by atoms with van der Waals surface area (Å²) in [5.41, 5.74) is 2.76. The largest absolute Gasteiger partial charge is 0.491 e. The third-order valence-corrected chi connectivity index (χ3v) is 11.4. The van der Waals surface area contributed by atoms with Crippen LogP contribution >= 0.6 is 0 Å². The van der Waals surface area contributed by atoms with E-state index in [4.69, 9.17) is 44.1 Å². The number of hydrogen-bond acceptors (Lipinski definition) is 26. The van der Waals surface area contributed by atoms with Gasteiger partial charge >= 0.3 is 0 Å². The molecule has 0 atom stereocenters. The summed E-state index contributed by atoms with van der Waals surface area (Å²) < 4.78 is 17.4. The zero-order valence-corrected chi connectivity index (χ0v) is 42.7. The number of benzene rings is 3. The van der Waals surface area contributed by atoms with E-state index in [1.165, 1.54) is 0 Å². The number of anilines is 6. The molecule has 26 heteroatoms. The molecule has 26 nitrogen and oxygen atoms in total. The Hall–Kier alpha value is -6.56. The summed E-state index contributed by atoms with van der Waals surface area (Å²) >= 11 is 0. The van der Waals surface area contributed by atoms with Crippen LogP contribution in [0.4, 0.5) is 35.7 Å². The Morgan fingerprint density at radius 1 is 0.303 bits per heavy atom. The third kappa shape index (κ3) is 18.3. The first-order valence-electron chi connectivity index (χ1n) is 25.1. The van der Waals surface area contributed by atoms with E-state index in [9.17, 15) is 56.2 Å². The Labute approximate surface area is 441 Å². The molecule has 0 radical (unpaired) electrons. The first-order chi connectivity index (χ1) is 37.2. The normalized spacial score (nSPS) is 11.1. The zero-order chi connectivity index (χ0) is 54.5. The Bertz CT molecular complexity index is 2410. The first kappa shape index (κ1) is 60.3. The highest BCUT2D eigenvalue weighted by Crippen LogP contribution is 2.30. The van der Waals surface area contributed by atoms with Crippen molar-refractivity contribution in [2.75, 3.05) is 174 Å². The molecule has 418 valence electrons. The van der Waals surface area contributed by atoms with Gasteiger partial charge in [-0.3, -0.25) is 0 Å². The quantitative estimate of drug-likeness (QED) is 0.0198. The first-order valence-corrected chi connectivity index (χ1v) is 25.1. The van der Waals surface area contributed by atoms with Gasteiger partial charge in [-0.05, 0) is 41.5 Å². The van der Waals surface area contributed by atoms with Gasteiger partial charge in [0.2, 0.25) is 35.7 Å². The summed E-state index contributed by atoms with van der Waals surface area (Å²) in [6.07, 6.45) is 0. The van der Waals surface area contributed by atoms with E-state index in [2.05, 4.69) is 0 Å². The number of ether oxygens (including phenoxy) is 3. The van der Waals surface area contributed by atoms with Crippen LogP contribution in [0.5, 0.6) is 17.2 Å². The van der Waals surface area contributed by atoms with Crippen LogP contribution in [0.1, 0.15) is 22.3 Å². The second-order valence-electron chi connectivity index (χ2n) is 16.8. The Morgan fingerprint density at radius 3 is 1.05 bits per heavy atom. The van der Waals surface area contributed by atoms with Crippen LogP contribution in [0.15, 0.2) is 66.7 Å². The topological polar surface area (TPSA) is 347 Å². The van der Waals surface area contributed by atoms with Gasteiger partial charge in [-0.1, -0.05) is 36.4 Å². The van der Waals surface area contributed by atoms with Gasteiger partial charge in [-0.15, -0.1) is 0 Å². The van der Waals surface area contributed by atoms with E-state index in [0.29, 0.717) is 33.9 Å². The van der Waals surface area contributed by atoms with Crippen molar-refractivity contribution in [2.24, 2.45) is 0 Å². The molecule has 0 bridgehead atoms. The van der Waals surface area contributed by atoms with Crippen LogP contribution in [0, 0.1) is 0 Å². The number of aliphatic hydroxyl groups is 11. The summed E-state index contributed by atoms with van der Waals surface area (Å²) in [5.74, 6) is 2.16. The third-order valence-electron chi connectivity index (χ3n) is 11.4. The molecule has 0 fully saturated rings. The summed E-state index contributed by atoms with van der Waals surface area (Å²) in [5, 5.41) is 110. The van der Waals surface area contributed by atoms with Crippen LogP contribution in [0.3, 0.4) is 0 Å². The van der Waals surface area contributed by atoms with Crippen molar-refractivity contribution in [3.8, 4) is 17.2 Å². The Morgan fingerprint density at radius 2 is 0.632 bits per heavy atom. The summed E-state index contributed by atoms with van der Waals surface area (Å²) in [7, 11) is 0. The average molecular weight is 1070 g/mol. The van der Waals surface area contributed by atoms with E-state index in [-0.39, 0.29) is 207 Å². The lowest BCUT2D eigenvalue weighted by molar-refractivity contribution is 0.200. The molecule has 0 saturated carbocycles. The molecule has 5 aromatic rings. The van der Waals surface area contributed by atoms with Gasteiger partial charge in [-0.2, -0.15) is 29.9 Å². The van der Waals surface area contributed by atoms with Crippen LogP contribution < -0.4 is 43.6 Å². The van der Waals surface area contributed by atoms with E-state index in [1.807, 2.05) is 30.3 Å². The Kier molecular flexibility index (Phi) is 26.6. The zero-order valence-electron chi connectivity index (χ0n) is 42.7. The molecule has 11 N–H and O–H groups in total. The van der Waals surface area contributed by atoms with Crippen LogP contribution in [-0.2, 0) is 26.2 Å². The van der Waals surface area contributed by atoms with Crippen molar-refractivity contribution >= 4 is 35.7 Å². The van der Waals surface area contributed by atoms with E-state index < -0.39 is 0 Å². The molecule has 0 aliphatic carbocycles. The fourth-order valence-electron chi connectivity index (χ4n) is 7.91. The van der Waals surface area contributed by atoms with Gasteiger partial charge in [0.1, 0.15) is 37.1 Å². The maximum absolute atomic E-state index is 10.6. The molecule has 76 heavy (non-hydrogen) atoms. The molecule has 2 heterocycles. The predicted molar refractivity (Wildman–Crippen MR) is 282 cm³/mol. The lowest BCUT2D eigenvalue weighted by Crippen LogP contribution is -2.36. The number of hydrogen-bond donors (Lipinski definition) is 11. The summed E-state index contributed by atoms with van der Waals surface area (Å²) in [6, 6.07) is 19.8. The maximum Gasteiger partial charge on any atom is 0.232 e. The Balaban J connectivity index is 1.59. The van der Waals surface area contributed by atoms with Crippen LogP contribution in [0.25, 0.3) is 0 Å². The number of rotatable bonds is 39. The standard InChI is InChI=1S/C50H74N12O14/c63-19-11-57(12-20-64)45-51-47(59(15-23-67)34-38-5-8-42(9-6-38)74-30-27-71)55-48(52-45)60(16-24-68)35-39-7-10-44(76-32-29-73)41(33-39)37-62(18-26-70)50-54-46(58(13-21-65)14-22-66)53-49(56-50)61(17-25-69)36-40-3-1-2-4-43(40)75-31-28-72/h1-10,33,63-73H,11-32,34-37H2. The minimum Gasteiger partial charge on any atom is -0.491 e. The van der Waals surface area contributed by atoms with E-state index in [0.717, 1.165) is 5.56 Å². The van der Waals surface area contributed by atoms with Crippen LogP contribution in [0.2, 0.25) is 0 Å². The molecule has 0 saturated heterocycles. The van der Waals surface area contributed by atoms with Gasteiger partial charge in [-0.25, -0.2) is 0 Å². The molecule has 0 aliphatic heterocycles. The highest BCUT2D eigenvalue weighted by Gasteiger charge is 2.25. The van der Waals surface area contributed by atoms with Crippen molar-refractivity contribution in [2.45, 2.75) is 26.2 Å². The molecule has 0 aliphatic rings. The number of aliphatic hydroxyl groups excluding tert-OH is 11. The van der Waals surface area contributed by atoms with Gasteiger partial charge in [0.25, 0.3) is 0 Å². The molecular formula is C50H74N12O14. The molecule has 2 aromatic heterocycles. The summed E-state index contributed by atoms with van der Waals surface area (Å²) in [4.78, 5) is 38.8. The smallest absolute Gasteiger partial charge is 0.232 e. The SMILES string of the molecule is OCCOc1ccc(CN(CCO)c2nc(N(CCO)CCO)nc(N(CCO)Cc3ccc(OCCO)c(CN(CCO)c4nc(N(CCO)CCO)nc(N(CCO)Cc5ccccc5OCCO)n4)c3)n2)cc1. The van der Waals surface area contributed by atoms with E-state index >= 15 is 0 Å². The number of aromatic nitrogens is 6. The molecule has 3 aromatic carbocycles. The molecule has 5 rings (SSSR count). The highest BCUT2D eigenvalue weighted by molar-refractivity contribution is 5.51. The lowest BCUT2D eigenvalue weighted by Gasteiger charge is -2.29. The van der Waals surface area contributed by atoms with E-state index in [1.54, 1.807) is 65.8 Å². The number of nitrogens with zero attached hydrogens (tertiary/aromatic N) is 12. The fraction of sp³-hybridized carbons (Fsp3) is 0.520. The second-order valence-corrected chi connectivity index (χ2v) is 16.8. The number of para-hydroxylation sites is 1. The lowest BCUT2D eigenvalue weighted by atomic mass is 10.1. The molecular weight excluding hydrogens is 993 g/mol. The monoisotopic (exact) mass is 1070 g/mol. The minimum absolute atomic E-state index is 0.0118. The maximum atomic E-state index is 10.6. The molecule has 0 amide bonds. The summed E-state index contributed by atoms with van der Waals surface area (Å²) in [6.45, 7) is -1.98. The van der Waals surface area contributed by atoms with Crippen molar-refractivity contribution in [1.29, 1.82) is 0 Å². The van der Waals surface area contributed by atoms with Gasteiger partial charge < -0.3 is 99.8 Å². The van der Waals surface area contributed by atoms with Crippen molar-refractivity contribution in [1.82, 2.24) is 29.9 Å². The minimum atomic E-state index is -0.356. The van der Waals surface area contributed by atoms with Crippen LogP contribution in [-0.4, -0.2) is 231 Å². The van der Waals surface area contributed by atoms with Gasteiger partial charge in [0.15, 0.2) is 0 Å². The predicted octanol–water partition coefficient (Wildman–Crippen LogP) is -2.25. The van der Waals surface area contributed by atoms with Crippen molar-refractivity contribution in [3.05, 3.63) is 89.0 Å².